The summed E-state index contributed by atoms with van der Waals surface area (Å²) in [6, 6.07) is 9.01. The molecule has 0 bridgehead atoms. The molecule has 3 nitrogen and oxygen atoms in total. The average Bonchev–Trinajstić information content (AvgIpc) is 2.49. The van der Waals surface area contributed by atoms with Crippen LogP contribution in [0, 0.1) is 0 Å². The van der Waals surface area contributed by atoms with Gasteiger partial charge in [-0.3, -0.25) is 9.69 Å². The fourth-order valence-electron chi connectivity index (χ4n) is 2.09. The summed E-state index contributed by atoms with van der Waals surface area (Å²) in [6.45, 7) is 2.50. The molecule has 0 aliphatic heterocycles. The van der Waals surface area contributed by atoms with E-state index in [4.69, 9.17) is 23.2 Å². The van der Waals surface area contributed by atoms with Gasteiger partial charge in [0, 0.05) is 33.7 Å². The molecule has 116 valence electrons. The highest BCUT2D eigenvalue weighted by molar-refractivity contribution is 9.10. The molecule has 1 heterocycles. The summed E-state index contributed by atoms with van der Waals surface area (Å²) in [7, 11) is 0. The zero-order valence-electron chi connectivity index (χ0n) is 12.0. The van der Waals surface area contributed by atoms with Crippen LogP contribution in [0.15, 0.2) is 41.0 Å². The van der Waals surface area contributed by atoms with Gasteiger partial charge in [-0.1, -0.05) is 29.3 Å². The Kier molecular flexibility index (Phi) is 6.24. The number of hydrogen-bond donors (Lipinski definition) is 0. The number of benzene rings is 1. The molecule has 2 aromatic rings. The van der Waals surface area contributed by atoms with Crippen LogP contribution >= 0.6 is 39.1 Å². The Bertz CT molecular complexity index is 662. The van der Waals surface area contributed by atoms with Gasteiger partial charge in [-0.05, 0) is 59.1 Å². The molecule has 0 saturated heterocycles. The number of carbonyl (C=O) groups is 1. The number of rotatable bonds is 5. The standard InChI is InChI=1S/C16H15BrCl2N2O/c1-2-21(15-7-5-12(17)10-20-15)16(22)8-4-11-3-6-13(18)9-14(11)19/h3,5-7,9-10H,2,4,8H2,1H3. The Morgan fingerprint density at radius 1 is 1.27 bits per heavy atom. The van der Waals surface area contributed by atoms with Crippen molar-refractivity contribution in [3.8, 4) is 0 Å². The van der Waals surface area contributed by atoms with E-state index in [0.29, 0.717) is 35.2 Å². The fraction of sp³-hybridized carbons (Fsp3) is 0.250. The van der Waals surface area contributed by atoms with Crippen LogP contribution < -0.4 is 4.90 Å². The minimum absolute atomic E-state index is 0.0170. The highest BCUT2D eigenvalue weighted by Gasteiger charge is 2.15. The van der Waals surface area contributed by atoms with Crippen LogP contribution in [-0.2, 0) is 11.2 Å². The molecule has 0 unspecified atom stereocenters. The molecule has 1 aromatic carbocycles. The second-order valence-electron chi connectivity index (χ2n) is 4.71. The first-order chi connectivity index (χ1) is 10.5. The highest BCUT2D eigenvalue weighted by atomic mass is 79.9. The third-order valence-electron chi connectivity index (χ3n) is 3.23. The molecular weight excluding hydrogens is 387 g/mol. The molecule has 0 spiro atoms. The maximum Gasteiger partial charge on any atom is 0.228 e. The van der Waals surface area contributed by atoms with Crippen molar-refractivity contribution in [3.05, 3.63) is 56.6 Å². The van der Waals surface area contributed by atoms with Crippen molar-refractivity contribution < 1.29 is 4.79 Å². The number of pyridine rings is 1. The first kappa shape index (κ1) is 17.3. The van der Waals surface area contributed by atoms with Crippen LogP contribution in [-0.4, -0.2) is 17.4 Å². The van der Waals surface area contributed by atoms with Crippen molar-refractivity contribution in [2.45, 2.75) is 19.8 Å². The van der Waals surface area contributed by atoms with Crippen LogP contribution in [0.2, 0.25) is 10.0 Å². The molecule has 1 amide bonds. The Labute approximate surface area is 148 Å². The third-order valence-corrected chi connectivity index (χ3v) is 4.28. The van der Waals surface area contributed by atoms with E-state index in [1.807, 2.05) is 25.1 Å². The van der Waals surface area contributed by atoms with Crippen molar-refractivity contribution in [3.63, 3.8) is 0 Å². The lowest BCUT2D eigenvalue weighted by Crippen LogP contribution is -2.31. The smallest absolute Gasteiger partial charge is 0.228 e. The molecule has 0 N–H and O–H groups in total. The molecular formula is C16H15BrCl2N2O. The largest absolute Gasteiger partial charge is 0.297 e. The summed E-state index contributed by atoms with van der Waals surface area (Å²) >= 11 is 15.3. The number of aryl methyl sites for hydroxylation is 1. The maximum atomic E-state index is 12.4. The van der Waals surface area contributed by atoms with Gasteiger partial charge in [-0.2, -0.15) is 0 Å². The summed E-state index contributed by atoms with van der Waals surface area (Å²) in [4.78, 5) is 18.3. The van der Waals surface area contributed by atoms with Gasteiger partial charge in [0.2, 0.25) is 5.91 Å². The molecule has 22 heavy (non-hydrogen) atoms. The lowest BCUT2D eigenvalue weighted by atomic mass is 10.1. The maximum absolute atomic E-state index is 12.4. The number of aromatic nitrogens is 1. The van der Waals surface area contributed by atoms with Gasteiger partial charge < -0.3 is 0 Å². The average molecular weight is 402 g/mol. The Hall–Kier alpha value is -1.10. The summed E-state index contributed by atoms with van der Waals surface area (Å²) in [5, 5.41) is 1.18. The van der Waals surface area contributed by atoms with Crippen LogP contribution in [0.4, 0.5) is 5.82 Å². The Morgan fingerprint density at radius 3 is 2.64 bits per heavy atom. The van der Waals surface area contributed by atoms with Gasteiger partial charge >= 0.3 is 0 Å². The van der Waals surface area contributed by atoms with Gasteiger partial charge in [0.05, 0.1) is 0 Å². The van der Waals surface area contributed by atoms with Crippen LogP contribution in [0.5, 0.6) is 0 Å². The van der Waals surface area contributed by atoms with E-state index in [2.05, 4.69) is 20.9 Å². The van der Waals surface area contributed by atoms with E-state index >= 15 is 0 Å². The van der Waals surface area contributed by atoms with Crippen molar-refractivity contribution in [1.82, 2.24) is 4.98 Å². The Balaban J connectivity index is 2.05. The normalized spacial score (nSPS) is 10.5. The number of carbonyl (C=O) groups excluding carboxylic acids is 1. The highest BCUT2D eigenvalue weighted by Crippen LogP contribution is 2.23. The minimum atomic E-state index is 0.0170. The fourth-order valence-corrected chi connectivity index (χ4v) is 2.83. The summed E-state index contributed by atoms with van der Waals surface area (Å²) < 4.78 is 0.882. The van der Waals surface area contributed by atoms with E-state index in [9.17, 15) is 4.79 Å². The summed E-state index contributed by atoms with van der Waals surface area (Å²) in [5.41, 5.74) is 0.916. The van der Waals surface area contributed by atoms with Crippen molar-refractivity contribution >= 4 is 50.9 Å². The quantitative estimate of drug-likeness (QED) is 0.695. The first-order valence-electron chi connectivity index (χ1n) is 6.87. The second-order valence-corrected chi connectivity index (χ2v) is 6.47. The lowest BCUT2D eigenvalue weighted by molar-refractivity contribution is -0.118. The number of hydrogen-bond acceptors (Lipinski definition) is 2. The monoisotopic (exact) mass is 400 g/mol. The number of halogens is 3. The topological polar surface area (TPSA) is 33.2 Å². The first-order valence-corrected chi connectivity index (χ1v) is 8.42. The van der Waals surface area contributed by atoms with E-state index in [-0.39, 0.29) is 5.91 Å². The predicted molar refractivity (Wildman–Crippen MR) is 94.7 cm³/mol. The SMILES string of the molecule is CCN(C(=O)CCc1ccc(Cl)cc1Cl)c1ccc(Br)cn1. The third kappa shape index (κ3) is 4.45. The lowest BCUT2D eigenvalue weighted by Gasteiger charge is -2.20. The molecule has 0 aliphatic rings. The number of nitrogens with zero attached hydrogens (tertiary/aromatic N) is 2. The summed E-state index contributed by atoms with van der Waals surface area (Å²) in [5.74, 6) is 0.668. The molecule has 0 fully saturated rings. The molecule has 1 aromatic heterocycles. The van der Waals surface area contributed by atoms with Gasteiger partial charge in [0.25, 0.3) is 0 Å². The minimum Gasteiger partial charge on any atom is -0.297 e. The van der Waals surface area contributed by atoms with Crippen LogP contribution in [0.3, 0.4) is 0 Å². The van der Waals surface area contributed by atoms with Crippen LogP contribution in [0.1, 0.15) is 18.9 Å². The second kappa shape index (κ2) is 7.95. The number of amides is 1. The molecule has 0 atom stereocenters. The van der Waals surface area contributed by atoms with E-state index in [1.165, 1.54) is 0 Å². The number of anilines is 1. The zero-order chi connectivity index (χ0) is 16.1. The molecule has 6 heteroatoms. The van der Waals surface area contributed by atoms with Crippen LogP contribution in [0.25, 0.3) is 0 Å². The zero-order valence-corrected chi connectivity index (χ0v) is 15.1. The van der Waals surface area contributed by atoms with E-state index < -0.39 is 0 Å². The van der Waals surface area contributed by atoms with E-state index in [0.717, 1.165) is 10.0 Å². The Morgan fingerprint density at radius 2 is 2.05 bits per heavy atom. The summed E-state index contributed by atoms with van der Waals surface area (Å²) in [6.07, 6.45) is 2.62. The molecule has 0 saturated carbocycles. The van der Waals surface area contributed by atoms with Gasteiger partial charge in [-0.15, -0.1) is 0 Å². The van der Waals surface area contributed by atoms with Crippen molar-refractivity contribution in [1.29, 1.82) is 0 Å². The van der Waals surface area contributed by atoms with E-state index in [1.54, 1.807) is 23.2 Å². The molecule has 0 aliphatic carbocycles. The molecule has 2 rings (SSSR count). The van der Waals surface area contributed by atoms with Crippen molar-refractivity contribution in [2.75, 3.05) is 11.4 Å². The van der Waals surface area contributed by atoms with Crippen molar-refractivity contribution in [2.24, 2.45) is 0 Å². The van der Waals surface area contributed by atoms with Gasteiger partial charge in [-0.25, -0.2) is 4.98 Å². The predicted octanol–water partition coefficient (Wildman–Crippen LogP) is 5.14. The molecule has 0 radical (unpaired) electrons. The van der Waals surface area contributed by atoms with Gasteiger partial charge in [0.1, 0.15) is 5.82 Å². The van der Waals surface area contributed by atoms with Gasteiger partial charge in [0.15, 0.2) is 0 Å².